The van der Waals surface area contributed by atoms with E-state index in [2.05, 4.69) is 13.8 Å². The van der Waals surface area contributed by atoms with Crippen molar-refractivity contribution in [2.45, 2.75) is 38.3 Å². The monoisotopic (exact) mass is 464 g/mol. The van der Waals surface area contributed by atoms with Crippen LogP contribution in [0.5, 0.6) is 0 Å². The van der Waals surface area contributed by atoms with Crippen molar-refractivity contribution < 1.29 is 35.9 Å². The molecule has 1 amide bonds. The molecule has 16 heavy (non-hydrogen) atoms. The van der Waals surface area contributed by atoms with Gasteiger partial charge in [-0.25, -0.2) is 0 Å². The Labute approximate surface area is 127 Å². The van der Waals surface area contributed by atoms with Crippen LogP contribution < -0.4 is 5.73 Å². The fraction of sp³-hybridized carbons (Fsp3) is 0.636. The standard InChI is InChI=1S/C11H18N2OS.U/c1-4-8-5-6-9(10(12)15)13(8)11(14)7(2)3;/h7-9H,1-2,4-6H2,3H3,(H2,12,15);/q-2;+2/t7-,8+,9+;/m1./s1. The molecule has 1 saturated heterocycles. The van der Waals surface area contributed by atoms with Crippen molar-refractivity contribution in [2.75, 3.05) is 0 Å². The largest absolute Gasteiger partial charge is 2.00 e. The van der Waals surface area contributed by atoms with Gasteiger partial charge in [-0.3, -0.25) is 4.79 Å². The molecule has 0 spiro atoms. The molecule has 0 saturated carbocycles. The molecule has 2 N–H and O–H groups in total. The molecule has 5 heteroatoms. The molecule has 1 heterocycles. The molecule has 1 fully saturated rings. The van der Waals surface area contributed by atoms with Gasteiger partial charge in [0.05, 0.1) is 11.0 Å². The summed E-state index contributed by atoms with van der Waals surface area (Å²) >= 11 is 4.98. The van der Waals surface area contributed by atoms with Crippen LogP contribution in [-0.4, -0.2) is 27.9 Å². The van der Waals surface area contributed by atoms with Crippen molar-refractivity contribution in [1.82, 2.24) is 4.90 Å². The van der Waals surface area contributed by atoms with Crippen molar-refractivity contribution in [3.05, 3.63) is 13.8 Å². The fourth-order valence-corrected chi connectivity index (χ4v) is 2.27. The SMILES string of the molecule is [CH2-]C[C@H]1CC[C@@H](C(N)=S)N1C(=O)[C@H]([CH2-])C.[U+2]. The minimum Gasteiger partial charge on any atom is -0.392 e. The van der Waals surface area contributed by atoms with Gasteiger partial charge < -0.3 is 24.5 Å². The van der Waals surface area contributed by atoms with Crippen molar-refractivity contribution in [3.8, 4) is 0 Å². The Morgan fingerprint density at radius 2 is 2.19 bits per heavy atom. The Kier molecular flexibility index (Phi) is 7.16. The Balaban J connectivity index is 0.00000225. The summed E-state index contributed by atoms with van der Waals surface area (Å²) in [4.78, 5) is 14.1. The fourth-order valence-electron chi connectivity index (χ4n) is 2.03. The molecule has 1 aliphatic rings. The third-order valence-corrected chi connectivity index (χ3v) is 3.11. The summed E-state index contributed by atoms with van der Waals surface area (Å²) in [6.07, 6.45) is 2.50. The molecule has 0 aliphatic carbocycles. The number of rotatable bonds is 3. The van der Waals surface area contributed by atoms with Gasteiger partial charge in [0.2, 0.25) is 0 Å². The first kappa shape index (κ1) is 16.4. The van der Waals surface area contributed by atoms with Crippen LogP contribution in [0.4, 0.5) is 0 Å². The predicted molar refractivity (Wildman–Crippen MR) is 64.9 cm³/mol. The minimum atomic E-state index is -0.256. The van der Waals surface area contributed by atoms with Crippen LogP contribution in [0.1, 0.15) is 26.2 Å². The maximum atomic E-state index is 11.9. The van der Waals surface area contributed by atoms with E-state index in [4.69, 9.17) is 18.0 Å². The summed E-state index contributed by atoms with van der Waals surface area (Å²) < 4.78 is 0. The number of hydrogen-bond donors (Lipinski definition) is 1. The molecule has 0 radical (unpaired) electrons. The van der Waals surface area contributed by atoms with Gasteiger partial charge >= 0.3 is 31.1 Å². The molecular formula is C11H18N2OSU. The van der Waals surface area contributed by atoms with Crippen molar-refractivity contribution in [3.63, 3.8) is 0 Å². The molecule has 1 rings (SSSR count). The zero-order chi connectivity index (χ0) is 11.6. The van der Waals surface area contributed by atoms with E-state index >= 15 is 0 Å². The molecule has 88 valence electrons. The van der Waals surface area contributed by atoms with Crippen molar-refractivity contribution >= 4 is 23.1 Å². The van der Waals surface area contributed by atoms with Gasteiger partial charge in [-0.15, -0.1) is 0 Å². The molecule has 3 nitrogen and oxygen atoms in total. The van der Waals surface area contributed by atoms with Gasteiger partial charge in [0, 0.05) is 6.04 Å². The Bertz CT molecular complexity index is 271. The maximum Gasteiger partial charge on any atom is 2.00 e. The molecule has 0 bridgehead atoms. The van der Waals surface area contributed by atoms with Gasteiger partial charge in [0.1, 0.15) is 0 Å². The van der Waals surface area contributed by atoms with Crippen LogP contribution in [0, 0.1) is 50.9 Å². The molecule has 0 aromatic rings. The Hall–Kier alpha value is 0.412. The third-order valence-electron chi connectivity index (χ3n) is 2.84. The number of carbonyl (C=O) groups excluding carboxylic acids is 1. The van der Waals surface area contributed by atoms with Crippen LogP contribution in [0.25, 0.3) is 0 Å². The van der Waals surface area contributed by atoms with E-state index in [1.165, 1.54) is 0 Å². The zero-order valence-corrected chi connectivity index (χ0v) is 14.6. The van der Waals surface area contributed by atoms with Crippen LogP contribution in [0.15, 0.2) is 0 Å². The van der Waals surface area contributed by atoms with E-state index in [-0.39, 0.29) is 55.0 Å². The predicted octanol–water partition coefficient (Wildman–Crippen LogP) is 1.33. The molecule has 0 aromatic carbocycles. The molecule has 1 aliphatic heterocycles. The number of amides is 1. The number of likely N-dealkylation sites (tertiary alicyclic amines) is 1. The van der Waals surface area contributed by atoms with Gasteiger partial charge in [-0.2, -0.15) is 6.42 Å². The summed E-state index contributed by atoms with van der Waals surface area (Å²) in [6.45, 7) is 9.39. The average molecular weight is 464 g/mol. The number of carbonyl (C=O) groups is 1. The third kappa shape index (κ3) is 3.45. The van der Waals surface area contributed by atoms with Crippen molar-refractivity contribution in [2.24, 2.45) is 11.7 Å². The average Bonchev–Trinajstić information content (AvgIpc) is 2.59. The first-order valence-electron chi connectivity index (χ1n) is 5.22. The van der Waals surface area contributed by atoms with E-state index < -0.39 is 0 Å². The Morgan fingerprint density at radius 1 is 1.62 bits per heavy atom. The number of nitrogens with two attached hydrogens (primary N) is 1. The van der Waals surface area contributed by atoms with E-state index in [0.29, 0.717) is 11.4 Å². The number of nitrogens with zero attached hydrogens (tertiary/aromatic N) is 1. The zero-order valence-electron chi connectivity index (χ0n) is 9.61. The second-order valence-corrected chi connectivity index (χ2v) is 4.56. The number of thiocarbonyl (C=S) groups is 1. The van der Waals surface area contributed by atoms with Crippen molar-refractivity contribution in [1.29, 1.82) is 0 Å². The van der Waals surface area contributed by atoms with Crippen LogP contribution in [0.2, 0.25) is 0 Å². The molecular weight excluding hydrogens is 446 g/mol. The second kappa shape index (κ2) is 6.98. The first-order chi connectivity index (χ1) is 6.99. The van der Waals surface area contributed by atoms with Gasteiger partial charge in [-0.05, 0) is 12.8 Å². The van der Waals surface area contributed by atoms with Crippen LogP contribution in [-0.2, 0) is 4.79 Å². The Morgan fingerprint density at radius 3 is 2.56 bits per heavy atom. The summed E-state index contributed by atoms with van der Waals surface area (Å²) in [6, 6.07) is 0.0802. The summed E-state index contributed by atoms with van der Waals surface area (Å²) in [7, 11) is 0. The van der Waals surface area contributed by atoms with E-state index in [1.807, 2.05) is 0 Å². The quantitative estimate of drug-likeness (QED) is 0.507. The second-order valence-electron chi connectivity index (χ2n) is 4.08. The van der Waals surface area contributed by atoms with E-state index in [9.17, 15) is 4.79 Å². The molecule has 0 unspecified atom stereocenters. The molecule has 3 atom stereocenters. The maximum absolute atomic E-state index is 11.9. The number of hydrogen-bond acceptors (Lipinski definition) is 2. The first-order valence-corrected chi connectivity index (χ1v) is 5.63. The van der Waals surface area contributed by atoms with Gasteiger partial charge in [0.15, 0.2) is 5.91 Å². The minimum absolute atomic E-state index is 0. The smallest absolute Gasteiger partial charge is 0.392 e. The topological polar surface area (TPSA) is 46.3 Å². The molecule has 0 aromatic heterocycles. The summed E-state index contributed by atoms with van der Waals surface area (Å²) in [5.74, 6) is -0.229. The van der Waals surface area contributed by atoms with Gasteiger partial charge in [0.25, 0.3) is 0 Å². The van der Waals surface area contributed by atoms with Crippen LogP contribution >= 0.6 is 12.2 Å². The van der Waals surface area contributed by atoms with E-state index in [1.54, 1.807) is 11.8 Å². The normalized spacial score (nSPS) is 26.1. The van der Waals surface area contributed by atoms with Gasteiger partial charge in [-0.1, -0.05) is 25.1 Å². The summed E-state index contributed by atoms with van der Waals surface area (Å²) in [5, 5.41) is 0. The summed E-state index contributed by atoms with van der Waals surface area (Å²) in [5.41, 5.74) is 5.64. The van der Waals surface area contributed by atoms with E-state index in [0.717, 1.165) is 12.8 Å². The van der Waals surface area contributed by atoms with Crippen LogP contribution in [0.3, 0.4) is 0 Å².